The molecule has 0 unspecified atom stereocenters. The normalized spacial score (nSPS) is 13.6. The maximum atomic E-state index is 10.4. The average Bonchev–Trinajstić information content (AvgIpc) is 2.90. The van der Waals surface area contributed by atoms with Gasteiger partial charge in [-0.05, 0) is 63.6 Å². The van der Waals surface area contributed by atoms with Gasteiger partial charge in [-0.2, -0.15) is 5.10 Å². The topological polar surface area (TPSA) is 74.5 Å². The lowest BCUT2D eigenvalue weighted by Gasteiger charge is -2.21. The number of nitrogens with zero attached hydrogens (tertiary/aromatic N) is 3. The number of rotatable bonds is 5. The van der Waals surface area contributed by atoms with E-state index in [1.165, 1.54) is 24.0 Å². The molecule has 28 heavy (non-hydrogen) atoms. The Labute approximate surface area is 184 Å². The first-order valence-corrected chi connectivity index (χ1v) is 9.85. The zero-order valence-corrected chi connectivity index (χ0v) is 19.6. The first-order valence-electron chi connectivity index (χ1n) is 9.85. The molecule has 1 aromatic carbocycles. The number of benzene rings is 1. The number of aromatic nitrogens is 2. The first-order chi connectivity index (χ1) is 13.0. The number of guanidine groups is 1. The van der Waals surface area contributed by atoms with Crippen molar-refractivity contribution in [2.75, 3.05) is 6.54 Å². The Hall–Kier alpha value is -1.77. The van der Waals surface area contributed by atoms with Crippen LogP contribution >= 0.6 is 24.0 Å². The number of aliphatic imine (C=N–C) groups is 1. The zero-order valence-electron chi connectivity index (χ0n) is 17.3. The molecule has 0 aliphatic heterocycles. The third-order valence-corrected chi connectivity index (χ3v) is 5.46. The van der Waals surface area contributed by atoms with Crippen LogP contribution in [0.1, 0.15) is 53.4 Å². The van der Waals surface area contributed by atoms with Gasteiger partial charge >= 0.3 is 0 Å². The van der Waals surface area contributed by atoms with Gasteiger partial charge < -0.3 is 15.7 Å². The molecule has 0 saturated carbocycles. The molecule has 3 rings (SSSR count). The quantitative estimate of drug-likeness (QED) is 0.336. The number of phenolic OH excluding ortho intramolecular Hbond substituents is 1. The second kappa shape index (κ2) is 10.1. The molecule has 2 aromatic rings. The number of fused-ring (bicyclic) bond motifs is 1. The summed E-state index contributed by atoms with van der Waals surface area (Å²) in [6.45, 7) is 8.09. The molecule has 1 aliphatic rings. The summed E-state index contributed by atoms with van der Waals surface area (Å²) < 4.78 is 1.90. The fourth-order valence-electron chi connectivity index (χ4n) is 3.81. The number of aromatic hydroxyl groups is 1. The van der Waals surface area contributed by atoms with E-state index in [9.17, 15) is 5.11 Å². The number of hydrogen-bond acceptors (Lipinski definition) is 3. The summed E-state index contributed by atoms with van der Waals surface area (Å²) in [5.74, 6) is 1.13. The Bertz CT molecular complexity index is 844. The largest absolute Gasteiger partial charge is 0.508 e. The molecule has 0 atom stereocenters. The molecule has 1 aliphatic carbocycles. The minimum absolute atomic E-state index is 0. The van der Waals surface area contributed by atoms with Crippen LogP contribution in [0.4, 0.5) is 0 Å². The lowest BCUT2D eigenvalue weighted by molar-refractivity contribution is 0.464. The third kappa shape index (κ3) is 4.98. The Morgan fingerprint density at radius 2 is 1.93 bits per heavy atom. The van der Waals surface area contributed by atoms with Crippen LogP contribution in [0.2, 0.25) is 0 Å². The molecule has 6 nitrogen and oxygen atoms in total. The molecule has 0 saturated heterocycles. The van der Waals surface area contributed by atoms with Crippen LogP contribution in [0.3, 0.4) is 0 Å². The van der Waals surface area contributed by atoms with E-state index >= 15 is 0 Å². The first kappa shape index (κ1) is 22.5. The van der Waals surface area contributed by atoms with Crippen LogP contribution < -0.4 is 10.6 Å². The predicted molar refractivity (Wildman–Crippen MR) is 125 cm³/mol. The van der Waals surface area contributed by atoms with E-state index < -0.39 is 0 Å². The van der Waals surface area contributed by atoms with E-state index in [0.29, 0.717) is 18.8 Å². The van der Waals surface area contributed by atoms with Crippen molar-refractivity contribution < 1.29 is 5.11 Å². The van der Waals surface area contributed by atoms with Crippen LogP contribution in [-0.4, -0.2) is 27.4 Å². The summed E-state index contributed by atoms with van der Waals surface area (Å²) in [6.07, 6.45) is 4.58. The highest BCUT2D eigenvalue weighted by Crippen LogP contribution is 2.30. The minimum Gasteiger partial charge on any atom is -0.508 e. The van der Waals surface area contributed by atoms with Crippen LogP contribution in [0.15, 0.2) is 17.1 Å². The summed E-state index contributed by atoms with van der Waals surface area (Å²) in [7, 11) is 1.96. The van der Waals surface area contributed by atoms with Gasteiger partial charge in [0, 0.05) is 37.0 Å². The average molecular weight is 497 g/mol. The van der Waals surface area contributed by atoms with Gasteiger partial charge in [-0.3, -0.25) is 4.68 Å². The molecule has 0 fully saturated rings. The van der Waals surface area contributed by atoms with Gasteiger partial charge in [0.2, 0.25) is 0 Å². The Morgan fingerprint density at radius 1 is 1.18 bits per heavy atom. The molecule has 1 heterocycles. The zero-order chi connectivity index (χ0) is 19.4. The van der Waals surface area contributed by atoms with Crippen molar-refractivity contribution in [3.63, 3.8) is 0 Å². The van der Waals surface area contributed by atoms with E-state index in [1.807, 2.05) is 24.7 Å². The Morgan fingerprint density at radius 3 is 2.61 bits per heavy atom. The molecular weight excluding hydrogens is 465 g/mol. The lowest BCUT2D eigenvalue weighted by atomic mass is 9.88. The van der Waals surface area contributed by atoms with Crippen LogP contribution in [0.25, 0.3) is 0 Å². The highest BCUT2D eigenvalue weighted by atomic mass is 127. The molecule has 0 radical (unpaired) electrons. The number of phenols is 1. The second-order valence-corrected chi connectivity index (χ2v) is 7.23. The van der Waals surface area contributed by atoms with Crippen molar-refractivity contribution in [3.8, 4) is 5.75 Å². The highest BCUT2D eigenvalue weighted by Gasteiger charge is 2.16. The minimum atomic E-state index is 0. The van der Waals surface area contributed by atoms with E-state index in [4.69, 9.17) is 4.99 Å². The maximum absolute atomic E-state index is 10.4. The van der Waals surface area contributed by atoms with E-state index in [-0.39, 0.29) is 24.0 Å². The van der Waals surface area contributed by atoms with Gasteiger partial charge in [-0.15, -0.1) is 24.0 Å². The molecule has 3 N–H and O–H groups in total. The van der Waals surface area contributed by atoms with Crippen LogP contribution in [0, 0.1) is 13.8 Å². The maximum Gasteiger partial charge on any atom is 0.191 e. The highest BCUT2D eigenvalue weighted by molar-refractivity contribution is 14.0. The fraction of sp³-hybridized carbons (Fsp3) is 0.524. The molecule has 0 spiro atoms. The van der Waals surface area contributed by atoms with E-state index in [1.54, 1.807) is 0 Å². The van der Waals surface area contributed by atoms with Gasteiger partial charge in [-0.25, -0.2) is 4.99 Å². The van der Waals surface area contributed by atoms with Gasteiger partial charge in [0.1, 0.15) is 5.75 Å². The molecular formula is C21H32IN5O. The van der Waals surface area contributed by atoms with Crippen molar-refractivity contribution in [2.24, 2.45) is 12.0 Å². The summed E-state index contributed by atoms with van der Waals surface area (Å²) >= 11 is 0. The predicted octanol–water partition coefficient (Wildman–Crippen LogP) is 3.49. The Balaban J connectivity index is 0.00000280. The summed E-state index contributed by atoms with van der Waals surface area (Å²) in [5, 5.41) is 21.5. The SMILES string of the molecule is CCNC(=NCc1c(C)nn(C)c1C)NCc1c(O)ccc2c1CCCC2.I. The molecule has 0 amide bonds. The summed E-state index contributed by atoms with van der Waals surface area (Å²) in [5.41, 5.74) is 7.01. The summed E-state index contributed by atoms with van der Waals surface area (Å²) in [6, 6.07) is 3.90. The van der Waals surface area contributed by atoms with Crippen molar-refractivity contribution in [2.45, 2.75) is 59.5 Å². The van der Waals surface area contributed by atoms with Crippen molar-refractivity contribution in [3.05, 3.63) is 45.8 Å². The number of nitrogens with one attached hydrogen (secondary N) is 2. The summed E-state index contributed by atoms with van der Waals surface area (Å²) in [4.78, 5) is 4.73. The van der Waals surface area contributed by atoms with Gasteiger partial charge in [0.25, 0.3) is 0 Å². The van der Waals surface area contributed by atoms with Gasteiger partial charge in [0.15, 0.2) is 5.96 Å². The van der Waals surface area contributed by atoms with E-state index in [2.05, 4.69) is 35.6 Å². The smallest absolute Gasteiger partial charge is 0.191 e. The van der Waals surface area contributed by atoms with E-state index in [0.717, 1.165) is 47.9 Å². The van der Waals surface area contributed by atoms with Crippen molar-refractivity contribution in [1.29, 1.82) is 0 Å². The van der Waals surface area contributed by atoms with Crippen LogP contribution in [0.5, 0.6) is 5.75 Å². The number of hydrogen-bond donors (Lipinski definition) is 3. The molecule has 1 aromatic heterocycles. The second-order valence-electron chi connectivity index (χ2n) is 7.23. The number of aryl methyl sites for hydroxylation is 3. The van der Waals surface area contributed by atoms with Gasteiger partial charge in [0.05, 0.1) is 12.2 Å². The van der Waals surface area contributed by atoms with Crippen LogP contribution in [-0.2, 0) is 33.0 Å². The lowest BCUT2D eigenvalue weighted by Crippen LogP contribution is -2.37. The standard InChI is InChI=1S/C21H31N5O.HI/c1-5-22-21(23-12-18-14(2)25-26(4)15(18)3)24-13-19-17-9-7-6-8-16(17)10-11-20(19)27;/h10-11,27H,5-9,12-13H2,1-4H3,(H2,22,23,24);1H. The monoisotopic (exact) mass is 497 g/mol. The molecule has 154 valence electrons. The van der Waals surface area contributed by atoms with Gasteiger partial charge in [-0.1, -0.05) is 6.07 Å². The van der Waals surface area contributed by atoms with Crippen molar-refractivity contribution >= 4 is 29.9 Å². The number of halogens is 1. The molecule has 0 bridgehead atoms. The molecule has 7 heteroatoms. The fourth-order valence-corrected chi connectivity index (χ4v) is 3.81. The Kier molecular flexibility index (Phi) is 8.15. The third-order valence-electron chi connectivity index (χ3n) is 5.46. The van der Waals surface area contributed by atoms with Crippen molar-refractivity contribution in [1.82, 2.24) is 20.4 Å².